The molecule has 0 atom stereocenters. The highest BCUT2D eigenvalue weighted by atomic mass is 16.5. The summed E-state index contributed by atoms with van der Waals surface area (Å²) in [5.74, 6) is 0.940. The number of benzene rings is 2. The minimum atomic E-state index is -0.0767. The van der Waals surface area contributed by atoms with Gasteiger partial charge in [-0.1, -0.05) is 30.3 Å². The number of amides is 2. The Morgan fingerprint density at radius 2 is 1.93 bits per heavy atom. The summed E-state index contributed by atoms with van der Waals surface area (Å²) in [4.78, 5) is 27.5. The van der Waals surface area contributed by atoms with E-state index in [1.54, 1.807) is 29.0 Å². The molecule has 0 aromatic heterocycles. The van der Waals surface area contributed by atoms with Crippen molar-refractivity contribution < 1.29 is 14.3 Å². The summed E-state index contributed by atoms with van der Waals surface area (Å²) in [7, 11) is 1.76. The maximum absolute atomic E-state index is 12.3. The number of rotatable bonds is 7. The van der Waals surface area contributed by atoms with Crippen molar-refractivity contribution in [2.24, 2.45) is 0 Å². The Hall–Kier alpha value is -3.08. The molecule has 0 radical (unpaired) electrons. The third kappa shape index (κ3) is 5.00. The molecular formula is C23H26N2O3. The molecule has 2 aromatic carbocycles. The van der Waals surface area contributed by atoms with E-state index in [1.165, 1.54) is 0 Å². The highest BCUT2D eigenvalue weighted by molar-refractivity contribution is 5.95. The van der Waals surface area contributed by atoms with Crippen LogP contribution in [-0.2, 0) is 9.59 Å². The van der Waals surface area contributed by atoms with Gasteiger partial charge in [-0.15, -0.1) is 0 Å². The van der Waals surface area contributed by atoms with E-state index < -0.39 is 0 Å². The first-order chi connectivity index (χ1) is 13.5. The summed E-state index contributed by atoms with van der Waals surface area (Å²) < 4.78 is 5.74. The van der Waals surface area contributed by atoms with Crippen molar-refractivity contribution in [3.8, 4) is 5.75 Å². The molecule has 2 aromatic rings. The fourth-order valence-electron chi connectivity index (χ4n) is 3.10. The molecule has 0 N–H and O–H groups in total. The van der Waals surface area contributed by atoms with Gasteiger partial charge >= 0.3 is 0 Å². The van der Waals surface area contributed by atoms with Crippen LogP contribution in [0.2, 0.25) is 0 Å². The zero-order valence-electron chi connectivity index (χ0n) is 16.4. The molecule has 1 aliphatic rings. The first-order valence-electron chi connectivity index (χ1n) is 9.56. The van der Waals surface area contributed by atoms with Crippen LogP contribution in [0.5, 0.6) is 5.75 Å². The third-order valence-corrected chi connectivity index (χ3v) is 4.85. The first kappa shape index (κ1) is 19.7. The van der Waals surface area contributed by atoms with Gasteiger partial charge in [-0.3, -0.25) is 9.59 Å². The van der Waals surface area contributed by atoms with Gasteiger partial charge in [-0.25, -0.2) is 0 Å². The van der Waals surface area contributed by atoms with E-state index in [4.69, 9.17) is 4.74 Å². The molecule has 5 nitrogen and oxygen atoms in total. The molecule has 0 unspecified atom stereocenters. The lowest BCUT2D eigenvalue weighted by atomic mass is 10.2. The number of para-hydroxylation sites is 1. The Morgan fingerprint density at radius 1 is 1.18 bits per heavy atom. The molecule has 1 fully saturated rings. The van der Waals surface area contributed by atoms with Crippen molar-refractivity contribution in [3.05, 3.63) is 65.7 Å². The number of hydrogen-bond acceptors (Lipinski definition) is 3. The van der Waals surface area contributed by atoms with E-state index in [0.717, 1.165) is 35.5 Å². The van der Waals surface area contributed by atoms with Crippen LogP contribution >= 0.6 is 0 Å². The predicted octanol–water partition coefficient (Wildman–Crippen LogP) is 3.67. The lowest BCUT2D eigenvalue weighted by Gasteiger charge is -2.16. The number of anilines is 1. The molecule has 0 bridgehead atoms. The van der Waals surface area contributed by atoms with E-state index >= 15 is 0 Å². The first-order valence-corrected chi connectivity index (χ1v) is 9.56. The summed E-state index contributed by atoms with van der Waals surface area (Å²) in [5, 5.41) is 0. The van der Waals surface area contributed by atoms with E-state index in [0.29, 0.717) is 19.6 Å². The molecule has 2 amide bonds. The van der Waals surface area contributed by atoms with E-state index in [2.05, 4.69) is 0 Å². The zero-order valence-corrected chi connectivity index (χ0v) is 16.4. The molecular weight excluding hydrogens is 352 g/mol. The number of nitrogens with zero attached hydrogens (tertiary/aromatic N) is 2. The minimum absolute atomic E-state index is 0.0767. The van der Waals surface area contributed by atoms with Crippen LogP contribution in [0.3, 0.4) is 0 Å². The highest BCUT2D eigenvalue weighted by Crippen LogP contribution is 2.22. The maximum atomic E-state index is 12.3. The number of carbonyl (C=O) groups is 2. The number of ether oxygens (including phenoxy) is 1. The standard InChI is InChI=1S/C23H26N2O3/c1-18-6-3-4-7-21(18)28-17-16-24(2)22(26)14-11-19-9-12-20(13-10-19)25-15-5-8-23(25)27/h3-4,6-7,9-14H,5,8,15-17H2,1-2H3/b14-11+. The highest BCUT2D eigenvalue weighted by Gasteiger charge is 2.21. The van der Waals surface area contributed by atoms with Gasteiger partial charge in [0.15, 0.2) is 0 Å². The summed E-state index contributed by atoms with van der Waals surface area (Å²) >= 11 is 0. The molecule has 5 heteroatoms. The Labute approximate surface area is 166 Å². The minimum Gasteiger partial charge on any atom is -0.491 e. The van der Waals surface area contributed by atoms with E-state index in [9.17, 15) is 9.59 Å². The number of likely N-dealkylation sites (N-methyl/N-ethyl adjacent to an activating group) is 1. The molecule has 28 heavy (non-hydrogen) atoms. The monoisotopic (exact) mass is 378 g/mol. The molecule has 1 aliphatic heterocycles. The number of hydrogen-bond donors (Lipinski definition) is 0. The van der Waals surface area contributed by atoms with Gasteiger partial charge in [0, 0.05) is 31.8 Å². The van der Waals surface area contributed by atoms with Crippen LogP contribution in [0.15, 0.2) is 54.6 Å². The van der Waals surface area contributed by atoms with Gasteiger partial charge < -0.3 is 14.5 Å². The quantitative estimate of drug-likeness (QED) is 0.691. The largest absolute Gasteiger partial charge is 0.491 e. The summed E-state index contributed by atoms with van der Waals surface area (Å²) in [5.41, 5.74) is 2.92. The van der Waals surface area contributed by atoms with E-state index in [1.807, 2.05) is 55.5 Å². The van der Waals surface area contributed by atoms with Crippen molar-refractivity contribution >= 4 is 23.6 Å². The average Bonchev–Trinajstić information content (AvgIpc) is 3.13. The van der Waals surface area contributed by atoms with Gasteiger partial charge in [0.05, 0.1) is 6.54 Å². The van der Waals surface area contributed by atoms with Crippen LogP contribution in [0.4, 0.5) is 5.69 Å². The smallest absolute Gasteiger partial charge is 0.246 e. The Bertz CT molecular complexity index is 858. The molecule has 1 heterocycles. The van der Waals surface area contributed by atoms with Gasteiger partial charge in [-0.05, 0) is 48.7 Å². The average molecular weight is 378 g/mol. The van der Waals surface area contributed by atoms with Crippen molar-refractivity contribution in [2.75, 3.05) is 31.6 Å². The van der Waals surface area contributed by atoms with Gasteiger partial charge in [0.1, 0.15) is 12.4 Å². The lowest BCUT2D eigenvalue weighted by molar-refractivity contribution is -0.125. The zero-order chi connectivity index (χ0) is 19.9. The maximum Gasteiger partial charge on any atom is 0.246 e. The van der Waals surface area contributed by atoms with Crippen LogP contribution in [0.25, 0.3) is 6.08 Å². The van der Waals surface area contributed by atoms with Crippen molar-refractivity contribution in [1.82, 2.24) is 4.90 Å². The Kier molecular flexibility index (Phi) is 6.48. The topological polar surface area (TPSA) is 49.9 Å². The van der Waals surface area contributed by atoms with Gasteiger partial charge in [0.2, 0.25) is 11.8 Å². The predicted molar refractivity (Wildman–Crippen MR) is 111 cm³/mol. The normalized spacial score (nSPS) is 13.9. The molecule has 0 spiro atoms. The Balaban J connectivity index is 1.48. The third-order valence-electron chi connectivity index (χ3n) is 4.85. The second-order valence-electron chi connectivity index (χ2n) is 6.95. The molecule has 146 valence electrons. The van der Waals surface area contributed by atoms with Gasteiger partial charge in [0.25, 0.3) is 0 Å². The number of aryl methyl sites for hydroxylation is 1. The van der Waals surface area contributed by atoms with Crippen LogP contribution < -0.4 is 9.64 Å². The lowest BCUT2D eigenvalue weighted by Crippen LogP contribution is -2.29. The van der Waals surface area contributed by atoms with Crippen LogP contribution in [-0.4, -0.2) is 43.5 Å². The second kappa shape index (κ2) is 9.22. The molecule has 0 saturated carbocycles. The fourth-order valence-corrected chi connectivity index (χ4v) is 3.10. The Morgan fingerprint density at radius 3 is 2.61 bits per heavy atom. The van der Waals surface area contributed by atoms with Crippen LogP contribution in [0, 0.1) is 6.92 Å². The second-order valence-corrected chi connectivity index (χ2v) is 6.95. The number of carbonyl (C=O) groups excluding carboxylic acids is 2. The molecule has 0 aliphatic carbocycles. The summed E-state index contributed by atoms with van der Waals surface area (Å²) in [6.45, 7) is 3.73. The summed E-state index contributed by atoms with van der Waals surface area (Å²) in [6, 6.07) is 15.5. The summed E-state index contributed by atoms with van der Waals surface area (Å²) in [6.07, 6.45) is 4.88. The fraction of sp³-hybridized carbons (Fsp3) is 0.304. The van der Waals surface area contributed by atoms with Crippen LogP contribution in [0.1, 0.15) is 24.0 Å². The van der Waals surface area contributed by atoms with E-state index in [-0.39, 0.29) is 11.8 Å². The van der Waals surface area contributed by atoms with Gasteiger partial charge in [-0.2, -0.15) is 0 Å². The SMILES string of the molecule is Cc1ccccc1OCCN(C)C(=O)/C=C/c1ccc(N2CCCC2=O)cc1. The van der Waals surface area contributed by atoms with Crippen molar-refractivity contribution in [3.63, 3.8) is 0 Å². The van der Waals surface area contributed by atoms with Crippen molar-refractivity contribution in [1.29, 1.82) is 0 Å². The molecule has 3 rings (SSSR count). The molecule has 1 saturated heterocycles. The van der Waals surface area contributed by atoms with Crippen molar-refractivity contribution in [2.45, 2.75) is 19.8 Å².